The van der Waals surface area contributed by atoms with E-state index in [2.05, 4.69) is 31.4 Å². The second kappa shape index (κ2) is 6.85. The molecule has 2 aliphatic rings. The predicted molar refractivity (Wildman–Crippen MR) is 113 cm³/mol. The van der Waals surface area contributed by atoms with Gasteiger partial charge < -0.3 is 10.4 Å². The number of carboxylic acid groups (broad SMARTS) is 1. The van der Waals surface area contributed by atoms with Gasteiger partial charge in [0, 0.05) is 22.7 Å². The number of carbonyl (C=O) groups is 2. The summed E-state index contributed by atoms with van der Waals surface area (Å²) in [6.07, 6.45) is 0.648. The van der Waals surface area contributed by atoms with Gasteiger partial charge in [0.15, 0.2) is 0 Å². The standard InChI is InChI=1S/C23H25ClN2O3/c1-22(2,3)12-17-23(15-10-9-14(24)11-16(15)25-21(23)29)18(19(26-17)20(27)28)13-7-5-4-6-8-13/h4-11,17-19,26H,12H2,1-3H3,(H,25,29)(H,27,28)/t17-,18+,19-,23+/m1/s1. The van der Waals surface area contributed by atoms with E-state index >= 15 is 0 Å². The van der Waals surface area contributed by atoms with Crippen LogP contribution in [0.4, 0.5) is 5.69 Å². The van der Waals surface area contributed by atoms with Crippen LogP contribution in [0.1, 0.15) is 44.2 Å². The quantitative estimate of drug-likeness (QED) is 0.706. The lowest BCUT2D eigenvalue weighted by Gasteiger charge is -2.37. The number of halogens is 1. The molecule has 1 fully saturated rings. The van der Waals surface area contributed by atoms with E-state index < -0.39 is 23.3 Å². The number of fused-ring (bicyclic) bond motifs is 2. The zero-order valence-corrected chi connectivity index (χ0v) is 17.5. The Hall–Kier alpha value is -2.37. The Bertz CT molecular complexity index is 970. The molecular weight excluding hydrogens is 388 g/mol. The first-order chi connectivity index (χ1) is 13.6. The van der Waals surface area contributed by atoms with Crippen LogP contribution in [0.3, 0.4) is 0 Å². The molecule has 0 radical (unpaired) electrons. The highest BCUT2D eigenvalue weighted by Crippen LogP contribution is 2.56. The van der Waals surface area contributed by atoms with Crippen molar-refractivity contribution in [1.82, 2.24) is 5.32 Å². The largest absolute Gasteiger partial charge is 0.480 e. The molecule has 0 aliphatic carbocycles. The van der Waals surface area contributed by atoms with Gasteiger partial charge in [-0.2, -0.15) is 0 Å². The van der Waals surface area contributed by atoms with Gasteiger partial charge in [0.2, 0.25) is 5.91 Å². The molecule has 2 heterocycles. The van der Waals surface area contributed by atoms with Crippen molar-refractivity contribution in [3.63, 3.8) is 0 Å². The maximum atomic E-state index is 13.6. The summed E-state index contributed by atoms with van der Waals surface area (Å²) < 4.78 is 0. The van der Waals surface area contributed by atoms with Crippen LogP contribution in [-0.2, 0) is 15.0 Å². The summed E-state index contributed by atoms with van der Waals surface area (Å²) >= 11 is 6.18. The summed E-state index contributed by atoms with van der Waals surface area (Å²) in [5.41, 5.74) is 1.18. The van der Waals surface area contributed by atoms with Crippen LogP contribution in [0.15, 0.2) is 48.5 Å². The van der Waals surface area contributed by atoms with Crippen molar-refractivity contribution in [2.45, 2.75) is 50.6 Å². The molecule has 1 spiro atoms. The summed E-state index contributed by atoms with van der Waals surface area (Å²) in [4.78, 5) is 25.9. The van der Waals surface area contributed by atoms with Gasteiger partial charge in [0.05, 0.1) is 0 Å². The van der Waals surface area contributed by atoms with Crippen molar-refractivity contribution in [2.24, 2.45) is 5.41 Å². The minimum absolute atomic E-state index is 0.102. The van der Waals surface area contributed by atoms with Crippen LogP contribution < -0.4 is 10.6 Å². The Morgan fingerprint density at radius 1 is 1.17 bits per heavy atom. The molecule has 5 nitrogen and oxygen atoms in total. The summed E-state index contributed by atoms with van der Waals surface area (Å²) in [7, 11) is 0. The molecule has 3 N–H and O–H groups in total. The Balaban J connectivity index is 1.99. The topological polar surface area (TPSA) is 78.4 Å². The lowest BCUT2D eigenvalue weighted by atomic mass is 9.62. The third-order valence-electron chi connectivity index (χ3n) is 6.05. The fourth-order valence-electron chi connectivity index (χ4n) is 5.07. The molecule has 1 saturated heterocycles. The minimum atomic E-state index is -1.03. The number of aliphatic carboxylic acids is 1. The number of carbonyl (C=O) groups excluding carboxylic acids is 1. The number of amides is 1. The number of nitrogens with one attached hydrogen (secondary N) is 2. The fraction of sp³-hybridized carbons (Fsp3) is 0.391. The summed E-state index contributed by atoms with van der Waals surface area (Å²) in [6, 6.07) is 13.6. The molecule has 0 aromatic heterocycles. The third-order valence-corrected chi connectivity index (χ3v) is 6.28. The molecule has 1 amide bonds. The van der Waals surface area contributed by atoms with Gasteiger partial charge in [-0.25, -0.2) is 0 Å². The molecule has 152 valence electrons. The number of benzene rings is 2. The van der Waals surface area contributed by atoms with Crippen molar-refractivity contribution in [1.29, 1.82) is 0 Å². The molecule has 2 aromatic rings. The highest BCUT2D eigenvalue weighted by molar-refractivity contribution is 6.31. The van der Waals surface area contributed by atoms with E-state index in [4.69, 9.17) is 11.6 Å². The number of hydrogen-bond acceptors (Lipinski definition) is 3. The van der Waals surface area contributed by atoms with Crippen molar-refractivity contribution in [2.75, 3.05) is 5.32 Å². The van der Waals surface area contributed by atoms with Gasteiger partial charge >= 0.3 is 5.97 Å². The Morgan fingerprint density at radius 2 is 1.86 bits per heavy atom. The van der Waals surface area contributed by atoms with Crippen LogP contribution in [0.2, 0.25) is 5.02 Å². The van der Waals surface area contributed by atoms with Crippen LogP contribution in [0.25, 0.3) is 0 Å². The van der Waals surface area contributed by atoms with Gasteiger partial charge in [-0.15, -0.1) is 0 Å². The molecule has 0 saturated carbocycles. The summed E-state index contributed by atoms with van der Waals surface area (Å²) in [5, 5.41) is 16.9. The van der Waals surface area contributed by atoms with E-state index in [1.165, 1.54) is 0 Å². The van der Waals surface area contributed by atoms with Crippen molar-refractivity contribution < 1.29 is 14.7 Å². The van der Waals surface area contributed by atoms with E-state index in [-0.39, 0.29) is 17.4 Å². The smallest absolute Gasteiger partial charge is 0.321 e. The van der Waals surface area contributed by atoms with Gasteiger partial charge in [-0.1, -0.05) is 68.8 Å². The summed E-state index contributed by atoms with van der Waals surface area (Å²) in [6.45, 7) is 6.30. The number of hydrogen-bond donors (Lipinski definition) is 3. The minimum Gasteiger partial charge on any atom is -0.480 e. The van der Waals surface area contributed by atoms with E-state index in [1.54, 1.807) is 12.1 Å². The average molecular weight is 413 g/mol. The molecular formula is C23H25ClN2O3. The van der Waals surface area contributed by atoms with Crippen molar-refractivity contribution >= 4 is 29.2 Å². The van der Waals surface area contributed by atoms with Gasteiger partial charge in [-0.3, -0.25) is 14.9 Å². The van der Waals surface area contributed by atoms with E-state index in [0.29, 0.717) is 17.1 Å². The third kappa shape index (κ3) is 3.13. The Labute approximate surface area is 175 Å². The maximum absolute atomic E-state index is 13.6. The van der Waals surface area contributed by atoms with Crippen molar-refractivity contribution in [3.05, 3.63) is 64.7 Å². The molecule has 4 atom stereocenters. The van der Waals surface area contributed by atoms with Crippen LogP contribution in [-0.4, -0.2) is 29.1 Å². The number of anilines is 1. The average Bonchev–Trinajstić information content (AvgIpc) is 3.11. The van der Waals surface area contributed by atoms with E-state index in [0.717, 1.165) is 11.1 Å². The fourth-order valence-corrected chi connectivity index (χ4v) is 5.24. The van der Waals surface area contributed by atoms with Crippen LogP contribution >= 0.6 is 11.6 Å². The zero-order chi connectivity index (χ0) is 21.0. The van der Waals surface area contributed by atoms with E-state index in [1.807, 2.05) is 36.4 Å². The zero-order valence-electron chi connectivity index (χ0n) is 16.7. The molecule has 0 bridgehead atoms. The second-order valence-corrected chi connectivity index (χ2v) is 9.64. The Kier molecular flexibility index (Phi) is 4.71. The highest BCUT2D eigenvalue weighted by Gasteiger charge is 2.65. The van der Waals surface area contributed by atoms with Crippen molar-refractivity contribution in [3.8, 4) is 0 Å². The molecule has 6 heteroatoms. The van der Waals surface area contributed by atoms with Crippen LogP contribution in [0, 0.1) is 5.41 Å². The summed E-state index contributed by atoms with van der Waals surface area (Å²) in [5.74, 6) is -1.67. The molecule has 29 heavy (non-hydrogen) atoms. The number of carboxylic acids is 1. The van der Waals surface area contributed by atoms with Gasteiger partial charge in [0.1, 0.15) is 11.5 Å². The normalized spacial score (nSPS) is 28.4. The van der Waals surface area contributed by atoms with Gasteiger partial charge in [0.25, 0.3) is 0 Å². The maximum Gasteiger partial charge on any atom is 0.321 e. The molecule has 4 rings (SSSR count). The Morgan fingerprint density at radius 3 is 2.48 bits per heavy atom. The molecule has 2 aliphatic heterocycles. The first-order valence-electron chi connectivity index (χ1n) is 9.80. The lowest BCUT2D eigenvalue weighted by molar-refractivity contribution is -0.139. The lowest BCUT2D eigenvalue weighted by Crippen LogP contribution is -2.49. The highest BCUT2D eigenvalue weighted by atomic mass is 35.5. The second-order valence-electron chi connectivity index (χ2n) is 9.20. The first kappa shape index (κ1) is 19.9. The van der Waals surface area contributed by atoms with E-state index in [9.17, 15) is 14.7 Å². The first-order valence-corrected chi connectivity index (χ1v) is 10.2. The molecule has 0 unspecified atom stereocenters. The van der Waals surface area contributed by atoms with Gasteiger partial charge in [-0.05, 0) is 35.1 Å². The van der Waals surface area contributed by atoms with Crippen LogP contribution in [0.5, 0.6) is 0 Å². The number of rotatable bonds is 3. The monoisotopic (exact) mass is 412 g/mol. The predicted octanol–water partition coefficient (Wildman–Crippen LogP) is 4.17. The molecule has 2 aromatic carbocycles. The SMILES string of the molecule is CC(C)(C)C[C@H]1N[C@@H](C(=O)O)[C@H](c2ccccc2)[C@@]12C(=O)Nc1cc(Cl)ccc12.